The highest BCUT2D eigenvalue weighted by Gasteiger charge is 2.47. The first kappa shape index (κ1) is 66.3. The Kier molecular flexibility index (Phi) is 25.8. The van der Waals surface area contributed by atoms with Crippen LogP contribution in [0.25, 0.3) is 10.9 Å². The van der Waals surface area contributed by atoms with Gasteiger partial charge in [-0.3, -0.25) is 49.2 Å². The number of fused-ring (bicyclic) bond motifs is 1. The summed E-state index contributed by atoms with van der Waals surface area (Å²) in [5.74, 6) is -7.18. The number of carbonyl (C=O) groups is 9. The number of aliphatic carboxylic acids is 1. The maximum Gasteiger partial charge on any atom is 0.326 e. The topological polar surface area (TPSA) is 435 Å². The van der Waals surface area contributed by atoms with Gasteiger partial charge < -0.3 is 84.9 Å². The lowest BCUT2D eigenvalue weighted by Gasteiger charge is -2.36. The number of nitrogens with two attached hydrogens (primary N) is 4. The zero-order chi connectivity index (χ0) is 60.9. The van der Waals surface area contributed by atoms with Crippen LogP contribution in [0.2, 0.25) is 0 Å². The molecule has 83 heavy (non-hydrogen) atoms. The van der Waals surface area contributed by atoms with Gasteiger partial charge in [0.15, 0.2) is 11.9 Å². The van der Waals surface area contributed by atoms with Crippen molar-refractivity contribution < 1.29 is 48.3 Å². The highest BCUT2D eigenvalue weighted by Crippen LogP contribution is 2.30. The van der Waals surface area contributed by atoms with Crippen LogP contribution in [0.4, 0.5) is 0 Å². The van der Waals surface area contributed by atoms with E-state index in [4.69, 9.17) is 33.8 Å². The van der Waals surface area contributed by atoms with Gasteiger partial charge in [-0.15, -0.1) is 0 Å². The summed E-state index contributed by atoms with van der Waals surface area (Å²) >= 11 is 0. The molecule has 1 aromatic heterocycles. The first-order valence-corrected chi connectivity index (χ1v) is 29.4. The number of carboxylic acid groups (broad SMARTS) is 1. The summed E-state index contributed by atoms with van der Waals surface area (Å²) < 4.78 is 0. The van der Waals surface area contributed by atoms with Crippen molar-refractivity contribution in [1.82, 2.24) is 56.9 Å². The molecule has 0 aliphatic carbocycles. The number of unbranched alkanes of at least 4 members (excludes halogenated alkanes) is 1. The van der Waals surface area contributed by atoms with Crippen molar-refractivity contribution >= 4 is 76.0 Å². The number of para-hydroxylation sites is 1. The van der Waals surface area contributed by atoms with Gasteiger partial charge in [0.1, 0.15) is 48.3 Å². The SMILES string of the molecule is CC[C@H](C)[C@H](NC(=O)[C@@H](N)CCCCN)C(=O)N[C@H](C(=O)N1CCC[C@H]1C(=O)N1CCC[C@H]1C(=O)N1CCC[C@H]1C(=O)N[C@@H](Cc1c[nH]c2ccccc12)C(=O)N[C@@H](CCCNC(=N)N)C(=O)N[C@@H](CCCNC(=N)N)C(=O)O)[C@@H](C)CC. The number of aromatic nitrogens is 1. The second kappa shape index (κ2) is 32.3. The first-order valence-electron chi connectivity index (χ1n) is 29.4. The van der Waals surface area contributed by atoms with E-state index in [2.05, 4.69) is 42.2 Å². The Labute approximate surface area is 485 Å². The van der Waals surface area contributed by atoms with E-state index in [-0.39, 0.29) is 95.0 Å². The molecule has 1 aromatic carbocycles. The third kappa shape index (κ3) is 18.5. The van der Waals surface area contributed by atoms with Crippen molar-refractivity contribution in [2.75, 3.05) is 39.3 Å². The van der Waals surface area contributed by atoms with Gasteiger partial charge in [0.2, 0.25) is 47.3 Å². The van der Waals surface area contributed by atoms with Gasteiger partial charge in [0.05, 0.1) is 6.04 Å². The van der Waals surface area contributed by atoms with Crippen molar-refractivity contribution in [2.45, 2.75) is 185 Å². The molecule has 3 aliphatic heterocycles. The number of H-pyrrole nitrogens is 1. The molecular weight excluding hydrogens is 1070 g/mol. The zero-order valence-corrected chi connectivity index (χ0v) is 48.6. The number of carboxylic acids is 1. The summed E-state index contributed by atoms with van der Waals surface area (Å²) in [5, 5.41) is 44.8. The molecule has 3 saturated heterocycles. The minimum absolute atomic E-state index is 0.0282. The Morgan fingerprint density at radius 3 is 1.75 bits per heavy atom. The first-order chi connectivity index (χ1) is 39.6. The van der Waals surface area contributed by atoms with Crippen molar-refractivity contribution in [1.29, 1.82) is 10.8 Å². The smallest absolute Gasteiger partial charge is 0.326 e. The number of rotatable bonds is 32. The quantitative estimate of drug-likeness (QED) is 0.0244. The number of hydrogen-bond donors (Lipinski definition) is 15. The molecule has 2 aromatic rings. The van der Waals surface area contributed by atoms with E-state index >= 15 is 0 Å². The second-order valence-electron chi connectivity index (χ2n) is 22.3. The van der Waals surface area contributed by atoms with Crippen LogP contribution in [-0.2, 0) is 49.6 Å². The van der Waals surface area contributed by atoms with Crippen LogP contribution < -0.4 is 60.2 Å². The highest BCUT2D eigenvalue weighted by molar-refractivity contribution is 5.99. The minimum Gasteiger partial charge on any atom is -0.480 e. The van der Waals surface area contributed by atoms with Crippen LogP contribution in [0.1, 0.15) is 130 Å². The van der Waals surface area contributed by atoms with E-state index in [0.29, 0.717) is 76.3 Å². The van der Waals surface area contributed by atoms with Crippen molar-refractivity contribution in [3.8, 4) is 0 Å². The van der Waals surface area contributed by atoms with Crippen LogP contribution in [0.3, 0.4) is 0 Å². The third-order valence-electron chi connectivity index (χ3n) is 16.3. The summed E-state index contributed by atoms with van der Waals surface area (Å²) in [6, 6.07) is -2.48. The standard InChI is InChI=1S/C56H91N17O10/c1-5-32(3)44(69-46(74)36(58)17-9-10-24-57)50(78)70-45(33(4)6-2)53(81)73-29-15-23-43(73)52(80)72-28-14-22-42(72)51(79)71-27-13-21-41(71)49(77)68-40(30-34-31-65-37-18-8-7-16-35(34)37)48(76)66-38(19-11-25-63-55(59)60)47(75)67-39(54(82)83)20-12-26-64-56(61)62/h7-8,16,18,31-33,36,38-45,65H,5-6,9-15,17,19-30,57-58H2,1-4H3,(H,66,76)(H,67,75)(H,68,77)(H,69,74)(H,70,78)(H,82,83)(H4,59,60,63)(H4,61,62,64)/t32-,33-,36-,38-,39-,40-,41-,42-,43-,44-,45-/m0/s1. The minimum atomic E-state index is -1.37. The molecule has 27 nitrogen and oxygen atoms in total. The molecule has 8 amide bonds. The predicted octanol–water partition coefficient (Wildman–Crippen LogP) is -0.733. The molecule has 4 heterocycles. The molecular formula is C56H91N17O10. The summed E-state index contributed by atoms with van der Waals surface area (Å²) in [6.07, 6.45) is 7.09. The fourth-order valence-corrected chi connectivity index (χ4v) is 11.1. The van der Waals surface area contributed by atoms with Crippen molar-refractivity contribution in [3.05, 3.63) is 36.0 Å². The van der Waals surface area contributed by atoms with Gasteiger partial charge in [0, 0.05) is 56.2 Å². The lowest BCUT2D eigenvalue weighted by atomic mass is 9.94. The molecule has 0 unspecified atom stereocenters. The van der Waals surface area contributed by atoms with E-state index in [0.717, 1.165) is 10.9 Å². The van der Waals surface area contributed by atoms with E-state index in [1.165, 1.54) is 14.7 Å². The number of nitrogens with zero attached hydrogens (tertiary/aromatic N) is 3. The fourth-order valence-electron chi connectivity index (χ4n) is 11.1. The molecule has 19 N–H and O–H groups in total. The lowest BCUT2D eigenvalue weighted by molar-refractivity contribution is -0.151. The number of carbonyl (C=O) groups excluding carboxylic acids is 8. The molecule has 0 radical (unpaired) electrons. The van der Waals surface area contributed by atoms with Gasteiger partial charge in [-0.2, -0.15) is 0 Å². The average molecular weight is 1160 g/mol. The molecule has 5 rings (SSSR count). The summed E-state index contributed by atoms with van der Waals surface area (Å²) in [4.78, 5) is 135. The van der Waals surface area contributed by atoms with Crippen LogP contribution in [0.15, 0.2) is 30.5 Å². The van der Waals surface area contributed by atoms with Crippen LogP contribution in [-0.4, -0.2) is 184 Å². The largest absolute Gasteiger partial charge is 0.480 e. The molecule has 27 heteroatoms. The van der Waals surface area contributed by atoms with Crippen molar-refractivity contribution in [3.63, 3.8) is 0 Å². The summed E-state index contributed by atoms with van der Waals surface area (Å²) in [5.41, 5.74) is 24.1. The number of hydrogen-bond acceptors (Lipinski definition) is 13. The number of nitrogens with one attached hydrogen (secondary N) is 10. The molecule has 460 valence electrons. The molecule has 11 atom stereocenters. The second-order valence-corrected chi connectivity index (χ2v) is 22.3. The zero-order valence-electron chi connectivity index (χ0n) is 48.6. The molecule has 3 fully saturated rings. The molecule has 3 aliphatic rings. The molecule has 0 bridgehead atoms. The van der Waals surface area contributed by atoms with E-state index < -0.39 is 108 Å². The van der Waals surface area contributed by atoms with Gasteiger partial charge in [-0.05, 0) is 107 Å². The third-order valence-corrected chi connectivity index (χ3v) is 16.3. The van der Waals surface area contributed by atoms with Gasteiger partial charge in [0.25, 0.3) is 0 Å². The normalized spacial score (nSPS) is 19.7. The number of benzene rings is 1. The highest BCUT2D eigenvalue weighted by atomic mass is 16.4. The van der Waals surface area contributed by atoms with E-state index in [1.54, 1.807) is 6.20 Å². The Hall–Kier alpha value is -7.55. The van der Waals surface area contributed by atoms with Crippen LogP contribution >= 0.6 is 0 Å². The lowest BCUT2D eigenvalue weighted by Crippen LogP contribution is -2.61. The van der Waals surface area contributed by atoms with Crippen LogP contribution in [0.5, 0.6) is 0 Å². The summed E-state index contributed by atoms with van der Waals surface area (Å²) in [6.45, 7) is 8.88. The van der Waals surface area contributed by atoms with E-state index in [9.17, 15) is 48.3 Å². The maximum absolute atomic E-state index is 14.8. The van der Waals surface area contributed by atoms with Gasteiger partial charge >= 0.3 is 5.97 Å². The van der Waals surface area contributed by atoms with Gasteiger partial charge in [-0.1, -0.05) is 65.2 Å². The molecule has 0 spiro atoms. The van der Waals surface area contributed by atoms with Crippen LogP contribution in [0, 0.1) is 22.7 Å². The summed E-state index contributed by atoms with van der Waals surface area (Å²) in [7, 11) is 0. The predicted molar refractivity (Wildman–Crippen MR) is 312 cm³/mol. The monoisotopic (exact) mass is 1160 g/mol. The molecule has 0 saturated carbocycles. The maximum atomic E-state index is 14.8. The Bertz CT molecular complexity index is 2600. The van der Waals surface area contributed by atoms with Gasteiger partial charge in [-0.25, -0.2) is 4.79 Å². The number of amides is 8. The average Bonchev–Trinajstić information content (AvgIpc) is 3.93. The Morgan fingerprint density at radius 2 is 1.16 bits per heavy atom. The number of guanidine groups is 2. The Balaban J connectivity index is 1.33. The number of likely N-dealkylation sites (tertiary alicyclic amines) is 3. The Morgan fingerprint density at radius 1 is 0.639 bits per heavy atom. The number of aromatic amines is 1. The fraction of sp³-hybridized carbons (Fsp3) is 0.661. The van der Waals surface area contributed by atoms with Crippen molar-refractivity contribution in [2.24, 2.45) is 34.8 Å². The van der Waals surface area contributed by atoms with E-state index in [1.807, 2.05) is 52.0 Å².